The Bertz CT molecular complexity index is 1040. The topological polar surface area (TPSA) is 149 Å². The molecule has 2 aromatic heterocycles. The molecule has 11 nitrogen and oxygen atoms in total. The van der Waals surface area contributed by atoms with Crippen LogP contribution >= 0.6 is 0 Å². The number of aliphatic hydroxyl groups is 1. The second-order valence-electron chi connectivity index (χ2n) is 8.54. The van der Waals surface area contributed by atoms with Crippen molar-refractivity contribution in [2.75, 3.05) is 23.8 Å². The number of amides is 1. The van der Waals surface area contributed by atoms with Gasteiger partial charge in [0.15, 0.2) is 5.82 Å². The van der Waals surface area contributed by atoms with Gasteiger partial charge in [0.1, 0.15) is 30.2 Å². The lowest BCUT2D eigenvalue weighted by Gasteiger charge is -2.38. The number of nitrogens with one attached hydrogen (secondary N) is 1. The summed E-state index contributed by atoms with van der Waals surface area (Å²) >= 11 is 0. The van der Waals surface area contributed by atoms with E-state index in [0.29, 0.717) is 36.1 Å². The van der Waals surface area contributed by atoms with E-state index in [1.165, 1.54) is 6.33 Å². The van der Waals surface area contributed by atoms with Crippen molar-refractivity contribution < 1.29 is 9.90 Å². The zero-order chi connectivity index (χ0) is 22.3. The predicted molar refractivity (Wildman–Crippen MR) is 112 cm³/mol. The van der Waals surface area contributed by atoms with Crippen molar-refractivity contribution in [1.82, 2.24) is 30.1 Å². The van der Waals surface area contributed by atoms with Crippen LogP contribution in [0.5, 0.6) is 0 Å². The highest BCUT2D eigenvalue weighted by Crippen LogP contribution is 2.40. The monoisotopic (exact) mass is 425 g/mol. The van der Waals surface area contributed by atoms with E-state index in [2.05, 4.69) is 20.5 Å². The lowest BCUT2D eigenvalue weighted by Crippen LogP contribution is -2.53. The Hall–Kier alpha value is -3.23. The summed E-state index contributed by atoms with van der Waals surface area (Å²) in [6.45, 7) is 4.55. The summed E-state index contributed by atoms with van der Waals surface area (Å²) in [4.78, 5) is 22.6. The number of carbonyl (C=O) groups excluding carboxylic acids is 1. The number of hydrogen-bond donors (Lipinski definition) is 3. The highest BCUT2D eigenvalue weighted by molar-refractivity contribution is 5.78. The third-order valence-electron chi connectivity index (χ3n) is 5.84. The molecule has 2 aliphatic heterocycles. The van der Waals surface area contributed by atoms with Crippen molar-refractivity contribution >= 4 is 17.5 Å². The Morgan fingerprint density at radius 1 is 1.45 bits per heavy atom. The molecular formula is C20H27N9O2. The first-order valence-electron chi connectivity index (χ1n) is 10.3. The number of carbonyl (C=O) groups is 1. The van der Waals surface area contributed by atoms with Crippen LogP contribution in [0, 0.1) is 11.3 Å². The average Bonchev–Trinajstić information content (AvgIpc) is 3.30. The quantitative estimate of drug-likeness (QED) is 0.630. The molecule has 4 heterocycles. The number of nitriles is 1. The molecule has 1 saturated heterocycles. The summed E-state index contributed by atoms with van der Waals surface area (Å²) in [6, 6.07) is 3.36. The number of likely N-dealkylation sites (tertiary alicyclic amines) is 1. The van der Waals surface area contributed by atoms with E-state index in [4.69, 9.17) is 11.0 Å². The molecule has 31 heavy (non-hydrogen) atoms. The molecule has 4 N–H and O–H groups in total. The van der Waals surface area contributed by atoms with Crippen LogP contribution in [-0.2, 0) is 17.4 Å². The zero-order valence-corrected chi connectivity index (χ0v) is 17.9. The standard InChI is InChI=1S/C20H27N9O2/c1-20(2,31)14-9-13(25-27(14)3)17-16-18(22)23-11-24-19(16)29(26-17)12-5-4-8-28(10-12)15(30)6-7-21/h9,11-12,17,26,31H,4-6,8,10H2,1-3H3,(H2,22,23,24). The van der Waals surface area contributed by atoms with Crippen LogP contribution in [0.25, 0.3) is 0 Å². The number of nitrogens with zero attached hydrogens (tertiary/aromatic N) is 7. The summed E-state index contributed by atoms with van der Waals surface area (Å²) in [5, 5.41) is 25.9. The minimum absolute atomic E-state index is 0.0353. The molecule has 0 aliphatic carbocycles. The number of rotatable bonds is 4. The van der Waals surface area contributed by atoms with E-state index < -0.39 is 5.60 Å². The van der Waals surface area contributed by atoms with E-state index in [-0.39, 0.29) is 24.4 Å². The molecule has 2 aliphatic rings. The molecule has 4 rings (SSSR count). The smallest absolute Gasteiger partial charge is 0.236 e. The largest absolute Gasteiger partial charge is 0.384 e. The fourth-order valence-corrected chi connectivity index (χ4v) is 4.40. The number of piperidine rings is 1. The Labute approximate surface area is 180 Å². The fourth-order valence-electron chi connectivity index (χ4n) is 4.40. The first-order valence-corrected chi connectivity index (χ1v) is 10.3. The Balaban J connectivity index is 1.67. The van der Waals surface area contributed by atoms with Crippen LogP contribution in [0.15, 0.2) is 12.4 Å². The van der Waals surface area contributed by atoms with Crippen LogP contribution in [0.4, 0.5) is 11.6 Å². The minimum Gasteiger partial charge on any atom is -0.384 e. The molecule has 0 saturated carbocycles. The maximum atomic E-state index is 12.3. The van der Waals surface area contributed by atoms with Crippen LogP contribution in [0.2, 0.25) is 0 Å². The van der Waals surface area contributed by atoms with Crippen molar-refractivity contribution in [3.05, 3.63) is 29.3 Å². The van der Waals surface area contributed by atoms with Gasteiger partial charge in [-0.15, -0.1) is 0 Å². The van der Waals surface area contributed by atoms with E-state index in [1.54, 1.807) is 30.5 Å². The van der Waals surface area contributed by atoms with Crippen molar-refractivity contribution in [3.8, 4) is 6.07 Å². The van der Waals surface area contributed by atoms with Crippen molar-refractivity contribution in [1.29, 1.82) is 5.26 Å². The van der Waals surface area contributed by atoms with Gasteiger partial charge in [-0.05, 0) is 32.8 Å². The lowest BCUT2D eigenvalue weighted by molar-refractivity contribution is -0.131. The van der Waals surface area contributed by atoms with Crippen LogP contribution in [-0.4, -0.2) is 54.8 Å². The maximum Gasteiger partial charge on any atom is 0.236 e. The highest BCUT2D eigenvalue weighted by Gasteiger charge is 2.40. The molecule has 164 valence electrons. The highest BCUT2D eigenvalue weighted by atomic mass is 16.3. The molecular weight excluding hydrogens is 398 g/mol. The second kappa shape index (κ2) is 7.79. The summed E-state index contributed by atoms with van der Waals surface area (Å²) in [6.07, 6.45) is 2.99. The average molecular weight is 425 g/mol. The van der Waals surface area contributed by atoms with Gasteiger partial charge in [-0.3, -0.25) is 14.5 Å². The lowest BCUT2D eigenvalue weighted by atomic mass is 10.0. The molecule has 1 amide bonds. The number of aromatic nitrogens is 4. The Kier molecular flexibility index (Phi) is 5.28. The molecule has 1 fully saturated rings. The molecule has 11 heteroatoms. The second-order valence-corrected chi connectivity index (χ2v) is 8.54. The number of fused-ring (bicyclic) bond motifs is 1. The van der Waals surface area contributed by atoms with Gasteiger partial charge in [0.05, 0.1) is 29.1 Å². The van der Waals surface area contributed by atoms with E-state index in [9.17, 15) is 9.90 Å². The van der Waals surface area contributed by atoms with Crippen LogP contribution in [0.1, 0.15) is 56.1 Å². The molecule has 0 spiro atoms. The number of nitrogens with two attached hydrogens (primary N) is 1. The maximum absolute atomic E-state index is 12.3. The normalized spacial score (nSPS) is 21.1. The molecule has 2 unspecified atom stereocenters. The summed E-state index contributed by atoms with van der Waals surface area (Å²) in [7, 11) is 1.79. The number of hydrazine groups is 1. The van der Waals surface area contributed by atoms with Crippen molar-refractivity contribution in [2.24, 2.45) is 7.05 Å². The molecule has 0 bridgehead atoms. The van der Waals surface area contributed by atoms with Crippen molar-refractivity contribution in [3.63, 3.8) is 0 Å². The van der Waals surface area contributed by atoms with E-state index in [0.717, 1.165) is 18.4 Å². The summed E-state index contributed by atoms with van der Waals surface area (Å²) in [5.41, 5.74) is 10.7. The summed E-state index contributed by atoms with van der Waals surface area (Å²) in [5.74, 6) is 0.853. The van der Waals surface area contributed by atoms with Gasteiger partial charge in [0.2, 0.25) is 5.91 Å². The zero-order valence-electron chi connectivity index (χ0n) is 17.9. The third-order valence-corrected chi connectivity index (χ3v) is 5.84. The third kappa shape index (κ3) is 3.80. The molecule has 0 aromatic carbocycles. The Morgan fingerprint density at radius 3 is 2.90 bits per heavy atom. The van der Waals surface area contributed by atoms with Gasteiger partial charge in [-0.1, -0.05) is 0 Å². The van der Waals surface area contributed by atoms with Gasteiger partial charge in [0.25, 0.3) is 0 Å². The van der Waals surface area contributed by atoms with Crippen LogP contribution < -0.4 is 16.2 Å². The van der Waals surface area contributed by atoms with Gasteiger partial charge >= 0.3 is 0 Å². The van der Waals surface area contributed by atoms with Gasteiger partial charge < -0.3 is 15.7 Å². The number of aryl methyl sites for hydroxylation is 1. The van der Waals surface area contributed by atoms with Gasteiger partial charge in [-0.25, -0.2) is 15.4 Å². The molecule has 0 radical (unpaired) electrons. The predicted octanol–water partition coefficient (Wildman–Crippen LogP) is 0.338. The van der Waals surface area contributed by atoms with E-state index >= 15 is 0 Å². The fraction of sp³-hybridized carbons (Fsp3) is 0.550. The van der Waals surface area contributed by atoms with E-state index in [1.807, 2.05) is 17.1 Å². The minimum atomic E-state index is -1.05. The molecule has 2 aromatic rings. The SMILES string of the molecule is Cn1nc(C2NN(C3CCCN(C(=O)CC#N)C3)c3ncnc(N)c32)cc1C(C)(C)O. The first kappa shape index (κ1) is 21.0. The number of anilines is 2. The Morgan fingerprint density at radius 2 is 2.23 bits per heavy atom. The first-order chi connectivity index (χ1) is 14.7. The number of hydrogen-bond acceptors (Lipinski definition) is 9. The van der Waals surface area contributed by atoms with Crippen LogP contribution in [0.3, 0.4) is 0 Å². The molecule has 2 atom stereocenters. The van der Waals surface area contributed by atoms with Gasteiger partial charge in [0, 0.05) is 20.1 Å². The number of nitrogen functional groups attached to an aromatic ring is 1. The van der Waals surface area contributed by atoms with Crippen molar-refractivity contribution in [2.45, 2.75) is 50.8 Å². The summed E-state index contributed by atoms with van der Waals surface area (Å²) < 4.78 is 1.65. The van der Waals surface area contributed by atoms with Gasteiger partial charge in [-0.2, -0.15) is 10.4 Å².